The number of aryl methyl sites for hydroxylation is 2. The highest BCUT2D eigenvalue weighted by Gasteiger charge is 2.28. The molecule has 1 amide bonds. The summed E-state index contributed by atoms with van der Waals surface area (Å²) in [7, 11) is 1.61. The Morgan fingerprint density at radius 1 is 1.41 bits per heavy atom. The van der Waals surface area contributed by atoms with Crippen molar-refractivity contribution in [3.8, 4) is 0 Å². The van der Waals surface area contributed by atoms with Gasteiger partial charge in [-0.05, 0) is 31.0 Å². The molecule has 1 atom stereocenters. The van der Waals surface area contributed by atoms with Crippen LogP contribution in [-0.4, -0.2) is 20.3 Å². The molecular weight excluding hydrogens is 304 g/mol. The first kappa shape index (κ1) is 14.8. The van der Waals surface area contributed by atoms with Gasteiger partial charge in [-0.1, -0.05) is 24.1 Å². The van der Waals surface area contributed by atoms with E-state index in [1.807, 2.05) is 0 Å². The molecule has 1 N–H and O–H groups in total. The summed E-state index contributed by atoms with van der Waals surface area (Å²) in [5, 5.41) is 7.62. The maximum atomic E-state index is 12.6. The molecule has 1 aliphatic rings. The fourth-order valence-corrected chi connectivity index (χ4v) is 2.99. The second-order valence-corrected chi connectivity index (χ2v) is 5.89. The van der Waals surface area contributed by atoms with Gasteiger partial charge in [-0.3, -0.25) is 9.36 Å². The van der Waals surface area contributed by atoms with E-state index >= 15 is 0 Å². The molecule has 1 unspecified atom stereocenters. The lowest BCUT2D eigenvalue weighted by atomic mass is 10.1. The average molecular weight is 321 g/mol. The van der Waals surface area contributed by atoms with E-state index in [1.54, 1.807) is 31.3 Å². The molecule has 1 aliphatic heterocycles. The van der Waals surface area contributed by atoms with Crippen molar-refractivity contribution < 1.29 is 4.79 Å². The molecule has 0 saturated carbocycles. The number of benzene rings is 1. The Morgan fingerprint density at radius 2 is 2.23 bits per heavy atom. The predicted molar refractivity (Wildman–Crippen MR) is 84.1 cm³/mol. The number of fused-ring (bicyclic) bond motifs is 1. The summed E-state index contributed by atoms with van der Waals surface area (Å²) in [6, 6.07) is 6.44. The minimum absolute atomic E-state index is 0.208. The van der Waals surface area contributed by atoms with E-state index in [-0.39, 0.29) is 11.6 Å². The summed E-state index contributed by atoms with van der Waals surface area (Å²) in [5.41, 5.74) is 0.378. The van der Waals surface area contributed by atoms with E-state index in [4.69, 9.17) is 11.6 Å². The van der Waals surface area contributed by atoms with Gasteiger partial charge in [-0.2, -0.15) is 5.10 Å². The number of nitrogens with one attached hydrogen (secondary N) is 1. The molecule has 1 aromatic heterocycles. The summed E-state index contributed by atoms with van der Waals surface area (Å²) in [4.78, 5) is 24.9. The topological polar surface area (TPSA) is 68.9 Å². The number of amides is 1. The normalized spacial score (nSPS) is 17.6. The van der Waals surface area contributed by atoms with Gasteiger partial charge in [0.2, 0.25) is 5.91 Å². The lowest BCUT2D eigenvalue weighted by Gasteiger charge is -2.16. The van der Waals surface area contributed by atoms with Gasteiger partial charge in [0.1, 0.15) is 11.9 Å². The molecule has 116 valence electrons. The summed E-state index contributed by atoms with van der Waals surface area (Å²) in [5.74, 6) is 0.469. The highest BCUT2D eigenvalue weighted by Crippen LogP contribution is 2.23. The monoisotopic (exact) mass is 320 g/mol. The maximum absolute atomic E-state index is 12.6. The molecule has 22 heavy (non-hydrogen) atoms. The first-order valence-electron chi connectivity index (χ1n) is 7.27. The van der Waals surface area contributed by atoms with Crippen LogP contribution in [0.4, 0.5) is 5.69 Å². The van der Waals surface area contributed by atoms with E-state index in [9.17, 15) is 9.59 Å². The zero-order chi connectivity index (χ0) is 15.7. The fourth-order valence-electron chi connectivity index (χ4n) is 2.80. The van der Waals surface area contributed by atoms with Crippen LogP contribution in [0.25, 0.3) is 0 Å². The Morgan fingerprint density at radius 3 is 3.00 bits per heavy atom. The van der Waals surface area contributed by atoms with E-state index in [2.05, 4.69) is 10.4 Å². The molecule has 7 heteroatoms. The zero-order valence-corrected chi connectivity index (χ0v) is 13.0. The van der Waals surface area contributed by atoms with Crippen LogP contribution in [0.2, 0.25) is 5.02 Å². The molecule has 3 rings (SSSR count). The van der Waals surface area contributed by atoms with Crippen LogP contribution in [0.15, 0.2) is 29.1 Å². The van der Waals surface area contributed by atoms with E-state index < -0.39 is 6.04 Å². The number of carbonyl (C=O) groups excluding carboxylic acids is 1. The lowest BCUT2D eigenvalue weighted by molar-refractivity contribution is -0.119. The number of anilines is 1. The Labute approximate surface area is 132 Å². The summed E-state index contributed by atoms with van der Waals surface area (Å²) >= 11 is 5.93. The van der Waals surface area contributed by atoms with Gasteiger partial charge >= 0.3 is 5.69 Å². The average Bonchev–Trinajstić information content (AvgIpc) is 2.65. The van der Waals surface area contributed by atoms with E-state index in [0.29, 0.717) is 23.0 Å². The third-order valence-corrected chi connectivity index (χ3v) is 4.10. The van der Waals surface area contributed by atoms with E-state index in [0.717, 1.165) is 19.3 Å². The van der Waals surface area contributed by atoms with E-state index in [1.165, 1.54) is 9.25 Å². The molecule has 0 fully saturated rings. The lowest BCUT2D eigenvalue weighted by Crippen LogP contribution is -2.34. The minimum Gasteiger partial charge on any atom is -0.324 e. The molecule has 2 heterocycles. The smallest absolute Gasteiger partial charge is 0.324 e. The first-order chi connectivity index (χ1) is 10.6. The highest BCUT2D eigenvalue weighted by atomic mass is 35.5. The standard InChI is InChI=1S/C15H17ClN4O2/c1-19-15(22)20-12(7-2-3-8-13(20)18-19)14(21)17-11-6-4-5-10(16)9-11/h4-6,9,12H,2-3,7-8H2,1H3,(H,17,21). The van der Waals surface area contributed by atoms with Gasteiger partial charge in [0.25, 0.3) is 0 Å². The number of carbonyl (C=O) groups is 1. The molecule has 0 bridgehead atoms. The third-order valence-electron chi connectivity index (χ3n) is 3.86. The van der Waals surface area contributed by atoms with Crippen molar-refractivity contribution in [3.63, 3.8) is 0 Å². The maximum Gasteiger partial charge on any atom is 0.346 e. The molecule has 6 nitrogen and oxygen atoms in total. The van der Waals surface area contributed by atoms with Crippen molar-refractivity contribution in [1.82, 2.24) is 14.3 Å². The molecule has 0 radical (unpaired) electrons. The van der Waals surface area contributed by atoms with Gasteiger partial charge < -0.3 is 5.32 Å². The van der Waals surface area contributed by atoms with Crippen LogP contribution >= 0.6 is 11.6 Å². The van der Waals surface area contributed by atoms with Crippen LogP contribution < -0.4 is 11.0 Å². The second kappa shape index (κ2) is 5.96. The van der Waals surface area contributed by atoms with Crippen molar-refractivity contribution in [3.05, 3.63) is 45.6 Å². The first-order valence-corrected chi connectivity index (χ1v) is 7.65. The van der Waals surface area contributed by atoms with Crippen LogP contribution in [0, 0.1) is 0 Å². The summed E-state index contributed by atoms with van der Waals surface area (Å²) < 4.78 is 2.81. The number of nitrogens with zero attached hydrogens (tertiary/aromatic N) is 3. The van der Waals surface area contributed by atoms with Gasteiger partial charge in [0.15, 0.2) is 0 Å². The Kier molecular flexibility index (Phi) is 4.02. The van der Waals surface area contributed by atoms with Gasteiger partial charge in [-0.25, -0.2) is 9.48 Å². The van der Waals surface area contributed by atoms with Gasteiger partial charge in [0.05, 0.1) is 0 Å². The largest absolute Gasteiger partial charge is 0.346 e. The van der Waals surface area contributed by atoms with Crippen LogP contribution in [0.3, 0.4) is 0 Å². The van der Waals surface area contributed by atoms with Crippen molar-refractivity contribution in [2.24, 2.45) is 7.05 Å². The summed E-state index contributed by atoms with van der Waals surface area (Å²) in [6.45, 7) is 0. The Hall–Kier alpha value is -2.08. The molecule has 1 aromatic carbocycles. The number of halogens is 1. The molecule has 0 saturated heterocycles. The number of hydrogen-bond acceptors (Lipinski definition) is 3. The summed E-state index contributed by atoms with van der Waals surface area (Å²) in [6.07, 6.45) is 3.17. The second-order valence-electron chi connectivity index (χ2n) is 5.45. The quantitative estimate of drug-likeness (QED) is 0.921. The van der Waals surface area contributed by atoms with Crippen molar-refractivity contribution in [2.45, 2.75) is 31.7 Å². The van der Waals surface area contributed by atoms with Crippen LogP contribution in [-0.2, 0) is 18.3 Å². The molecule has 2 aromatic rings. The molecule has 0 aliphatic carbocycles. The van der Waals surface area contributed by atoms with Crippen LogP contribution in [0.1, 0.15) is 31.1 Å². The molecular formula is C15H17ClN4O2. The fraction of sp³-hybridized carbons (Fsp3) is 0.400. The Bertz CT molecular complexity index is 765. The predicted octanol–water partition coefficient (Wildman–Crippen LogP) is 2.14. The number of hydrogen-bond donors (Lipinski definition) is 1. The number of aromatic nitrogens is 3. The van der Waals surface area contributed by atoms with Crippen molar-refractivity contribution in [1.29, 1.82) is 0 Å². The highest BCUT2D eigenvalue weighted by molar-refractivity contribution is 6.30. The molecule has 0 spiro atoms. The zero-order valence-electron chi connectivity index (χ0n) is 12.3. The van der Waals surface area contributed by atoms with Crippen molar-refractivity contribution >= 4 is 23.2 Å². The van der Waals surface area contributed by atoms with Crippen molar-refractivity contribution in [2.75, 3.05) is 5.32 Å². The Balaban J connectivity index is 1.91. The minimum atomic E-state index is -0.530. The number of rotatable bonds is 2. The SMILES string of the molecule is Cn1nc2n(c1=O)C(C(=O)Nc1cccc(Cl)c1)CCCC2. The van der Waals surface area contributed by atoms with Crippen LogP contribution in [0.5, 0.6) is 0 Å². The third kappa shape index (κ3) is 2.78. The van der Waals surface area contributed by atoms with Gasteiger partial charge in [-0.15, -0.1) is 0 Å². The van der Waals surface area contributed by atoms with Gasteiger partial charge in [0, 0.05) is 24.2 Å².